The summed E-state index contributed by atoms with van der Waals surface area (Å²) in [7, 11) is 0. The summed E-state index contributed by atoms with van der Waals surface area (Å²) in [6.45, 7) is 6.02. The first-order valence-corrected chi connectivity index (χ1v) is 3.87. The first-order chi connectivity index (χ1) is 4.40. The lowest BCUT2D eigenvalue weighted by molar-refractivity contribution is 0.238. The first-order valence-electron chi connectivity index (χ1n) is 3.87. The van der Waals surface area contributed by atoms with Crippen molar-refractivity contribution in [3.8, 4) is 0 Å². The third-order valence-electron chi connectivity index (χ3n) is 2.58. The van der Waals surface area contributed by atoms with Crippen LogP contribution < -0.4 is 5.32 Å². The first kappa shape index (κ1) is 11.5. The summed E-state index contributed by atoms with van der Waals surface area (Å²) < 4.78 is 0. The van der Waals surface area contributed by atoms with Crippen LogP contribution in [0.5, 0.6) is 0 Å². The van der Waals surface area contributed by atoms with Crippen molar-refractivity contribution in [2.45, 2.75) is 25.4 Å². The van der Waals surface area contributed by atoms with Gasteiger partial charge in [0.1, 0.15) is 0 Å². The van der Waals surface area contributed by atoms with E-state index in [1.165, 1.54) is 26.1 Å². The van der Waals surface area contributed by atoms with Gasteiger partial charge in [-0.2, -0.15) is 0 Å². The van der Waals surface area contributed by atoms with E-state index in [9.17, 15) is 0 Å². The number of fused-ring (bicyclic) bond motifs is 2. The minimum Gasteiger partial charge on any atom is -0.311 e. The smallest absolute Gasteiger partial charge is 0.0236 e. The van der Waals surface area contributed by atoms with Gasteiger partial charge in [-0.3, -0.25) is 4.90 Å². The number of hydrogen-bond acceptors (Lipinski definition) is 2. The van der Waals surface area contributed by atoms with Crippen LogP contribution in [0.1, 0.15) is 13.3 Å². The highest BCUT2D eigenvalue weighted by Crippen LogP contribution is 2.21. The molecular weight excluding hydrogens is 183 g/mol. The van der Waals surface area contributed by atoms with E-state index < -0.39 is 0 Å². The van der Waals surface area contributed by atoms with Crippen LogP contribution in [0.2, 0.25) is 0 Å². The van der Waals surface area contributed by atoms with Crippen LogP contribution in [0.25, 0.3) is 0 Å². The summed E-state index contributed by atoms with van der Waals surface area (Å²) in [4.78, 5) is 2.57. The molecule has 4 heteroatoms. The predicted octanol–water partition coefficient (Wildman–Crippen LogP) is 0.896. The molecule has 0 unspecified atom stereocenters. The largest absolute Gasteiger partial charge is 0.311 e. The average molecular weight is 199 g/mol. The lowest BCUT2D eigenvalue weighted by Gasteiger charge is -2.25. The molecule has 2 atom stereocenters. The predicted molar refractivity (Wildman–Crippen MR) is 51.9 cm³/mol. The fraction of sp³-hybridized carbons (Fsp3) is 1.00. The summed E-state index contributed by atoms with van der Waals surface area (Å²) in [5.41, 5.74) is 0. The molecule has 2 saturated heterocycles. The van der Waals surface area contributed by atoms with Gasteiger partial charge in [-0.25, -0.2) is 0 Å². The number of halogens is 2. The molecule has 2 aliphatic heterocycles. The van der Waals surface area contributed by atoms with Crippen LogP contribution in [0.4, 0.5) is 0 Å². The maximum absolute atomic E-state index is 3.48. The minimum atomic E-state index is 0. The molecule has 0 aliphatic carbocycles. The second-order valence-corrected chi connectivity index (χ2v) is 3.08. The van der Waals surface area contributed by atoms with E-state index in [-0.39, 0.29) is 24.8 Å². The number of piperazine rings is 1. The normalized spacial score (nSPS) is 34.6. The molecule has 2 rings (SSSR count). The lowest BCUT2D eigenvalue weighted by atomic mass is 10.2. The highest BCUT2D eigenvalue weighted by atomic mass is 35.5. The number of nitrogens with zero attached hydrogens (tertiary/aromatic N) is 1. The summed E-state index contributed by atoms with van der Waals surface area (Å²) >= 11 is 0. The summed E-state index contributed by atoms with van der Waals surface area (Å²) in [6.07, 6.45) is 1.40. The summed E-state index contributed by atoms with van der Waals surface area (Å²) in [6, 6.07) is 1.70. The second kappa shape index (κ2) is 4.51. The van der Waals surface area contributed by atoms with Crippen molar-refractivity contribution >= 4 is 24.8 Å². The molecule has 0 saturated carbocycles. The topological polar surface area (TPSA) is 15.3 Å². The van der Waals surface area contributed by atoms with E-state index in [0.717, 1.165) is 12.1 Å². The number of likely N-dealkylation sites (tertiary alicyclic amines) is 1. The standard InChI is InChI=1S/C7H14N2.2ClH/c1-2-9-5-6-3-7(9)4-8-6;;/h6-8H,2-5H2,1H3;2*1H/t6-,7-;;/m1../s1. The highest BCUT2D eigenvalue weighted by Gasteiger charge is 2.35. The molecule has 2 heterocycles. The van der Waals surface area contributed by atoms with Crippen LogP contribution in [-0.2, 0) is 0 Å². The maximum Gasteiger partial charge on any atom is 0.0236 e. The molecule has 68 valence electrons. The molecule has 11 heavy (non-hydrogen) atoms. The van der Waals surface area contributed by atoms with E-state index in [1.54, 1.807) is 0 Å². The van der Waals surface area contributed by atoms with Gasteiger partial charge < -0.3 is 5.32 Å². The van der Waals surface area contributed by atoms with Crippen molar-refractivity contribution < 1.29 is 0 Å². The lowest BCUT2D eigenvalue weighted by Crippen LogP contribution is -2.43. The third-order valence-corrected chi connectivity index (χ3v) is 2.58. The molecule has 2 bridgehead atoms. The Balaban J connectivity index is 0.000000500. The molecule has 0 aromatic heterocycles. The Morgan fingerprint density at radius 3 is 2.45 bits per heavy atom. The second-order valence-electron chi connectivity index (χ2n) is 3.08. The average Bonchev–Trinajstić information content (AvgIpc) is 2.45. The van der Waals surface area contributed by atoms with Crippen molar-refractivity contribution in [1.82, 2.24) is 10.2 Å². The van der Waals surface area contributed by atoms with E-state index in [4.69, 9.17) is 0 Å². The Bertz CT molecular complexity index is 121. The number of hydrogen-bond donors (Lipinski definition) is 1. The summed E-state index contributed by atoms with van der Waals surface area (Å²) in [5.74, 6) is 0. The zero-order valence-electron chi connectivity index (χ0n) is 6.75. The zero-order valence-corrected chi connectivity index (χ0v) is 8.38. The van der Waals surface area contributed by atoms with Crippen molar-refractivity contribution in [2.75, 3.05) is 19.6 Å². The van der Waals surface area contributed by atoms with Crippen LogP contribution in [0.15, 0.2) is 0 Å². The fourth-order valence-corrected chi connectivity index (χ4v) is 2.03. The quantitative estimate of drug-likeness (QED) is 0.674. The Morgan fingerprint density at radius 2 is 2.18 bits per heavy atom. The van der Waals surface area contributed by atoms with Gasteiger partial charge >= 0.3 is 0 Å². The van der Waals surface area contributed by atoms with Crippen LogP contribution in [-0.4, -0.2) is 36.6 Å². The number of nitrogens with one attached hydrogen (secondary N) is 1. The minimum absolute atomic E-state index is 0. The summed E-state index contributed by atoms with van der Waals surface area (Å²) in [5, 5.41) is 3.48. The Kier molecular flexibility index (Phi) is 4.71. The fourth-order valence-electron chi connectivity index (χ4n) is 2.03. The molecule has 2 aliphatic rings. The number of rotatable bonds is 1. The number of likely N-dealkylation sites (N-methyl/N-ethyl adjacent to an activating group) is 1. The van der Waals surface area contributed by atoms with Gasteiger partial charge in [0, 0.05) is 25.2 Å². The monoisotopic (exact) mass is 198 g/mol. The Hall–Kier alpha value is 0.500. The zero-order chi connectivity index (χ0) is 6.27. The van der Waals surface area contributed by atoms with E-state index in [2.05, 4.69) is 17.1 Å². The van der Waals surface area contributed by atoms with Crippen molar-refractivity contribution in [3.05, 3.63) is 0 Å². The van der Waals surface area contributed by atoms with Gasteiger partial charge in [-0.1, -0.05) is 6.92 Å². The van der Waals surface area contributed by atoms with Gasteiger partial charge in [0.25, 0.3) is 0 Å². The molecule has 2 nitrogen and oxygen atoms in total. The highest BCUT2D eigenvalue weighted by molar-refractivity contribution is 5.85. The van der Waals surface area contributed by atoms with Crippen LogP contribution in [0.3, 0.4) is 0 Å². The van der Waals surface area contributed by atoms with E-state index >= 15 is 0 Å². The van der Waals surface area contributed by atoms with Gasteiger partial charge in [0.05, 0.1) is 0 Å². The molecule has 0 aromatic rings. The molecule has 0 aromatic carbocycles. The van der Waals surface area contributed by atoms with Crippen molar-refractivity contribution in [2.24, 2.45) is 0 Å². The molecule has 2 fully saturated rings. The van der Waals surface area contributed by atoms with E-state index in [1.807, 2.05) is 0 Å². The Morgan fingerprint density at radius 1 is 1.45 bits per heavy atom. The van der Waals surface area contributed by atoms with Crippen LogP contribution >= 0.6 is 24.8 Å². The van der Waals surface area contributed by atoms with Gasteiger partial charge in [-0.05, 0) is 13.0 Å². The third kappa shape index (κ3) is 2.00. The van der Waals surface area contributed by atoms with E-state index in [0.29, 0.717) is 0 Å². The molecule has 0 amide bonds. The molecule has 0 radical (unpaired) electrons. The van der Waals surface area contributed by atoms with Gasteiger partial charge in [-0.15, -0.1) is 24.8 Å². The van der Waals surface area contributed by atoms with Gasteiger partial charge in [0.15, 0.2) is 0 Å². The molecule has 0 spiro atoms. The maximum atomic E-state index is 3.48. The van der Waals surface area contributed by atoms with Crippen LogP contribution in [0, 0.1) is 0 Å². The van der Waals surface area contributed by atoms with Crippen molar-refractivity contribution in [1.29, 1.82) is 0 Å². The van der Waals surface area contributed by atoms with Gasteiger partial charge in [0.2, 0.25) is 0 Å². The molecular formula is C7H16Cl2N2. The SMILES string of the molecule is CCN1C[C@H]2C[C@@H]1CN2.Cl.Cl. The molecule has 1 N–H and O–H groups in total. The van der Waals surface area contributed by atoms with Crippen molar-refractivity contribution in [3.63, 3.8) is 0 Å². The Labute approximate surface area is 80.5 Å².